The topological polar surface area (TPSA) is 77.5 Å². The molecule has 7 heteroatoms. The van der Waals surface area contributed by atoms with Crippen LogP contribution in [0.15, 0.2) is 106 Å². The van der Waals surface area contributed by atoms with Crippen LogP contribution in [0, 0.1) is 10.1 Å². The lowest BCUT2D eigenvalue weighted by molar-refractivity contribution is -0.384. The lowest BCUT2D eigenvalue weighted by Gasteiger charge is -2.30. The molecule has 7 rings (SSSR count). The number of nitro benzene ring substituents is 1. The minimum Gasteiger partial charge on any atom is -0.272 e. The van der Waals surface area contributed by atoms with Crippen molar-refractivity contribution < 1.29 is 4.92 Å². The number of rotatable bonds is 3. The lowest BCUT2D eigenvalue weighted by atomic mass is 9.83. The molecule has 5 aromatic rings. The van der Waals surface area contributed by atoms with E-state index in [1.165, 1.54) is 23.0 Å². The van der Waals surface area contributed by atoms with Crippen molar-refractivity contribution in [3.05, 3.63) is 149 Å². The van der Waals surface area contributed by atoms with Gasteiger partial charge in [-0.2, -0.15) is 0 Å². The van der Waals surface area contributed by atoms with E-state index in [4.69, 9.17) is 4.99 Å². The van der Waals surface area contributed by atoms with Gasteiger partial charge in [-0.1, -0.05) is 90.2 Å². The van der Waals surface area contributed by atoms with Gasteiger partial charge in [-0.05, 0) is 52.0 Å². The number of aryl methyl sites for hydroxylation is 1. The molecule has 0 spiro atoms. The molecule has 6 nitrogen and oxygen atoms in total. The highest BCUT2D eigenvalue weighted by Crippen LogP contribution is 2.41. The maximum Gasteiger partial charge on any atom is 0.271 e. The van der Waals surface area contributed by atoms with Gasteiger partial charge in [-0.25, -0.2) is 4.99 Å². The maximum absolute atomic E-state index is 14.0. The number of thiazole rings is 1. The highest BCUT2D eigenvalue weighted by atomic mass is 32.1. The fraction of sp³-hybridized carbons (Fsp3) is 0.0968. The van der Waals surface area contributed by atoms with E-state index in [1.54, 1.807) is 16.7 Å². The predicted octanol–water partition coefficient (Wildman–Crippen LogP) is 5.38. The predicted molar refractivity (Wildman–Crippen MR) is 150 cm³/mol. The summed E-state index contributed by atoms with van der Waals surface area (Å²) in [6.45, 7) is 0. The van der Waals surface area contributed by atoms with Crippen molar-refractivity contribution in [2.75, 3.05) is 0 Å². The SMILES string of the molecule is O=c1/c(=C\c2cccc3ccccc23)sc2n1[C@@H](c1cccc([N+](=O)[O-])c1)C1=C(N=2)c2ccccc2CC1. The molecule has 2 aliphatic rings. The average Bonchev–Trinajstić information content (AvgIpc) is 3.26. The van der Waals surface area contributed by atoms with Crippen LogP contribution in [0.3, 0.4) is 0 Å². The van der Waals surface area contributed by atoms with Crippen LogP contribution < -0.4 is 14.9 Å². The normalized spacial score (nSPS) is 16.5. The third-order valence-corrected chi connectivity index (χ3v) is 8.36. The molecule has 0 unspecified atom stereocenters. The van der Waals surface area contributed by atoms with Crippen LogP contribution in [0.4, 0.5) is 5.69 Å². The monoisotopic (exact) mass is 515 g/mol. The standard InChI is InChI=1S/C31H21N3O3S/c35-30-27(18-21-10-5-9-19-7-1-3-13-24(19)21)38-31-32-28-25-14-4-2-8-20(25)15-16-26(28)29(33(30)31)22-11-6-12-23(17-22)34(36)37/h1-14,17-18,29H,15-16H2/b27-18+/t29-/m0/s1. The Balaban J connectivity index is 1.51. The second kappa shape index (κ2) is 8.75. The molecular formula is C31H21N3O3S. The first-order chi connectivity index (χ1) is 18.6. The summed E-state index contributed by atoms with van der Waals surface area (Å²) in [5.41, 5.74) is 5.75. The first-order valence-electron chi connectivity index (χ1n) is 12.4. The van der Waals surface area contributed by atoms with Gasteiger partial charge in [0.1, 0.15) is 0 Å². The second-order valence-corrected chi connectivity index (χ2v) is 10.5. The van der Waals surface area contributed by atoms with Crippen molar-refractivity contribution in [2.45, 2.75) is 18.9 Å². The highest BCUT2D eigenvalue weighted by Gasteiger charge is 2.33. The Morgan fingerprint density at radius 3 is 2.63 bits per heavy atom. The first kappa shape index (κ1) is 22.6. The summed E-state index contributed by atoms with van der Waals surface area (Å²) in [7, 11) is 0. The van der Waals surface area contributed by atoms with Crippen molar-refractivity contribution >= 4 is 39.6 Å². The van der Waals surface area contributed by atoms with Crippen LogP contribution in [0.25, 0.3) is 22.5 Å². The lowest BCUT2D eigenvalue weighted by Crippen LogP contribution is -2.38. The van der Waals surface area contributed by atoms with Gasteiger partial charge in [-0.3, -0.25) is 19.5 Å². The summed E-state index contributed by atoms with van der Waals surface area (Å²) >= 11 is 1.36. The number of hydrogen-bond acceptors (Lipinski definition) is 5. The second-order valence-electron chi connectivity index (χ2n) is 9.53. The Morgan fingerprint density at radius 2 is 1.74 bits per heavy atom. The van der Waals surface area contributed by atoms with Crippen LogP contribution in [0.1, 0.15) is 34.7 Å². The van der Waals surface area contributed by atoms with Gasteiger partial charge in [0.05, 0.1) is 21.2 Å². The zero-order valence-electron chi connectivity index (χ0n) is 20.2. The van der Waals surface area contributed by atoms with Crippen LogP contribution in [-0.4, -0.2) is 9.49 Å². The van der Waals surface area contributed by atoms with Crippen LogP contribution in [0.2, 0.25) is 0 Å². The Kier molecular flexibility index (Phi) is 5.19. The molecule has 0 bridgehead atoms. The van der Waals surface area contributed by atoms with Gasteiger partial charge in [0, 0.05) is 17.7 Å². The van der Waals surface area contributed by atoms with E-state index in [0.717, 1.165) is 51.6 Å². The number of nitrogens with zero attached hydrogens (tertiary/aromatic N) is 3. The van der Waals surface area contributed by atoms with Crippen molar-refractivity contribution in [1.29, 1.82) is 0 Å². The Morgan fingerprint density at radius 1 is 0.947 bits per heavy atom. The molecule has 38 heavy (non-hydrogen) atoms. The third-order valence-electron chi connectivity index (χ3n) is 7.38. The van der Waals surface area contributed by atoms with Gasteiger partial charge < -0.3 is 0 Å². The van der Waals surface area contributed by atoms with E-state index >= 15 is 0 Å². The number of benzene rings is 4. The fourth-order valence-electron chi connectivity index (χ4n) is 5.65. The Hall–Kier alpha value is -4.62. The van der Waals surface area contributed by atoms with Crippen molar-refractivity contribution in [3.8, 4) is 0 Å². The quantitative estimate of drug-likeness (QED) is 0.239. The van der Waals surface area contributed by atoms with E-state index < -0.39 is 6.04 Å². The number of fused-ring (bicyclic) bond motifs is 4. The fourth-order valence-corrected chi connectivity index (χ4v) is 6.64. The van der Waals surface area contributed by atoms with E-state index in [0.29, 0.717) is 9.33 Å². The summed E-state index contributed by atoms with van der Waals surface area (Å²) in [6, 6.07) is 28.6. The minimum atomic E-state index is -0.454. The molecular weight excluding hydrogens is 494 g/mol. The van der Waals surface area contributed by atoms with Crippen LogP contribution in [0.5, 0.6) is 0 Å². The summed E-state index contributed by atoms with van der Waals surface area (Å²) in [5.74, 6) is 0. The summed E-state index contributed by atoms with van der Waals surface area (Å²) in [5, 5.41) is 13.8. The number of allylic oxidation sites excluding steroid dienone is 1. The minimum absolute atomic E-state index is 0.00995. The molecule has 1 atom stereocenters. The number of aromatic nitrogens is 1. The highest BCUT2D eigenvalue weighted by molar-refractivity contribution is 7.07. The summed E-state index contributed by atoms with van der Waals surface area (Å²) < 4.78 is 2.32. The third kappa shape index (κ3) is 3.55. The molecule has 4 aromatic carbocycles. The number of hydrogen-bond donors (Lipinski definition) is 0. The molecule has 2 heterocycles. The molecule has 1 aliphatic heterocycles. The number of non-ortho nitro benzene ring substituents is 1. The molecule has 0 saturated carbocycles. The van der Waals surface area contributed by atoms with Crippen molar-refractivity contribution in [2.24, 2.45) is 4.99 Å². The number of nitro groups is 1. The summed E-state index contributed by atoms with van der Waals surface area (Å²) in [6.07, 6.45) is 3.50. The molecule has 1 aromatic heterocycles. The van der Waals surface area contributed by atoms with Gasteiger partial charge in [0.15, 0.2) is 4.80 Å². The molecule has 184 valence electrons. The molecule has 1 aliphatic carbocycles. The van der Waals surface area contributed by atoms with E-state index in [1.807, 2.05) is 48.5 Å². The smallest absolute Gasteiger partial charge is 0.271 e. The van der Waals surface area contributed by atoms with Crippen molar-refractivity contribution in [1.82, 2.24) is 4.57 Å². The largest absolute Gasteiger partial charge is 0.272 e. The molecule has 0 radical (unpaired) electrons. The van der Waals surface area contributed by atoms with E-state index in [9.17, 15) is 14.9 Å². The zero-order valence-corrected chi connectivity index (χ0v) is 21.0. The van der Waals surface area contributed by atoms with E-state index in [2.05, 4.69) is 30.3 Å². The van der Waals surface area contributed by atoms with E-state index in [-0.39, 0.29) is 16.2 Å². The summed E-state index contributed by atoms with van der Waals surface area (Å²) in [4.78, 5) is 30.9. The van der Waals surface area contributed by atoms with Crippen molar-refractivity contribution in [3.63, 3.8) is 0 Å². The van der Waals surface area contributed by atoms with Crippen LogP contribution in [-0.2, 0) is 6.42 Å². The van der Waals surface area contributed by atoms with Gasteiger partial charge in [-0.15, -0.1) is 0 Å². The molecule has 0 saturated heterocycles. The van der Waals surface area contributed by atoms with Crippen LogP contribution >= 0.6 is 11.3 Å². The Labute approximate surface area is 221 Å². The molecule has 0 N–H and O–H groups in total. The molecule has 0 amide bonds. The Bertz CT molecular complexity index is 2000. The average molecular weight is 516 g/mol. The first-order valence-corrected chi connectivity index (χ1v) is 13.3. The maximum atomic E-state index is 14.0. The van der Waals surface area contributed by atoms with Gasteiger partial charge in [0.2, 0.25) is 0 Å². The molecule has 0 fully saturated rings. The zero-order chi connectivity index (χ0) is 25.8. The van der Waals surface area contributed by atoms with Gasteiger partial charge >= 0.3 is 0 Å². The van der Waals surface area contributed by atoms with Gasteiger partial charge in [0.25, 0.3) is 11.2 Å².